The average Bonchev–Trinajstić information content (AvgIpc) is 3.73. The molecule has 2 saturated heterocycles. The van der Waals surface area contributed by atoms with Crippen molar-refractivity contribution in [2.45, 2.75) is 44.2 Å². The highest BCUT2D eigenvalue weighted by atomic mass is 32.1. The molecule has 2 fully saturated rings. The van der Waals surface area contributed by atoms with Crippen molar-refractivity contribution in [3.05, 3.63) is 106 Å². The predicted octanol–water partition coefficient (Wildman–Crippen LogP) is 4.47. The van der Waals surface area contributed by atoms with Crippen molar-refractivity contribution < 1.29 is 14.7 Å². The number of piperidine rings is 2. The molecular formula is C36H38N6O4S. The number of thiophene rings is 1. The highest BCUT2D eigenvalue weighted by molar-refractivity contribution is 7.17. The first kappa shape index (κ1) is 31.0. The van der Waals surface area contributed by atoms with Gasteiger partial charge in [-0.05, 0) is 67.1 Å². The second kappa shape index (κ2) is 12.5. The Balaban J connectivity index is 1.04. The first-order valence-electron chi connectivity index (χ1n) is 16.1. The number of rotatable bonds is 6. The van der Waals surface area contributed by atoms with Crippen LogP contribution in [0, 0.1) is 12.8 Å². The van der Waals surface area contributed by atoms with Gasteiger partial charge in [0.1, 0.15) is 12.0 Å². The van der Waals surface area contributed by atoms with Crippen molar-refractivity contribution in [2.75, 3.05) is 26.2 Å². The van der Waals surface area contributed by atoms with Gasteiger partial charge in [0.2, 0.25) is 5.91 Å². The molecule has 4 aromatic heterocycles. The van der Waals surface area contributed by atoms with Gasteiger partial charge in [-0.1, -0.05) is 30.3 Å². The van der Waals surface area contributed by atoms with Crippen molar-refractivity contribution in [1.82, 2.24) is 28.9 Å². The molecule has 0 spiro atoms. The molecule has 5 aromatic rings. The fourth-order valence-corrected chi connectivity index (χ4v) is 8.18. The lowest BCUT2D eigenvalue weighted by atomic mass is 9.79. The summed E-state index contributed by atoms with van der Waals surface area (Å²) in [7, 11) is 1.84. The van der Waals surface area contributed by atoms with Crippen molar-refractivity contribution in [3.63, 3.8) is 0 Å². The third kappa shape index (κ3) is 6.01. The number of aliphatic hydroxyl groups is 1. The highest BCUT2D eigenvalue weighted by Crippen LogP contribution is 2.37. The number of benzene rings is 1. The number of carbonyl (C=O) groups is 2. The van der Waals surface area contributed by atoms with Crippen LogP contribution in [0.5, 0.6) is 0 Å². The molecule has 2 aliphatic heterocycles. The zero-order chi connectivity index (χ0) is 32.7. The van der Waals surface area contributed by atoms with Gasteiger partial charge in [-0.25, -0.2) is 4.98 Å². The molecule has 1 aromatic carbocycles. The number of likely N-dealkylation sites (tertiary alicyclic amines) is 2. The standard InChI is InChI=1S/C36H38N6O4S/c1-24-20-37-15-10-26(24)30-8-9-31(47-30)35(45)41-17-12-27(29(21-41)25-6-4-3-5-7-25)33(43)40-18-13-36(46,14-19-40)22-42-23-38-32-28(34(42)44)11-16-39(32)2/h3-11,15-16,20,23,27,29,46H,12-14,17-19,21-22H2,1-2H3/t27-,29+/m1/s1. The van der Waals surface area contributed by atoms with E-state index in [1.54, 1.807) is 23.0 Å². The largest absolute Gasteiger partial charge is 0.388 e. The lowest BCUT2D eigenvalue weighted by molar-refractivity contribution is -0.142. The molecule has 1 N–H and O–H groups in total. The first-order chi connectivity index (χ1) is 22.7. The minimum absolute atomic E-state index is 0.0127. The first-order valence-corrected chi connectivity index (χ1v) is 16.9. The zero-order valence-electron chi connectivity index (χ0n) is 26.6. The van der Waals surface area contributed by atoms with E-state index in [2.05, 4.69) is 9.97 Å². The van der Waals surface area contributed by atoms with Gasteiger partial charge in [-0.15, -0.1) is 11.3 Å². The van der Waals surface area contributed by atoms with Crippen molar-refractivity contribution in [2.24, 2.45) is 13.0 Å². The average molecular weight is 651 g/mol. The van der Waals surface area contributed by atoms with Crippen LogP contribution >= 0.6 is 11.3 Å². The van der Waals surface area contributed by atoms with E-state index < -0.39 is 5.60 Å². The summed E-state index contributed by atoms with van der Waals surface area (Å²) in [5.74, 6) is -0.380. The Kier molecular flexibility index (Phi) is 8.27. The van der Waals surface area contributed by atoms with Gasteiger partial charge in [0.15, 0.2) is 0 Å². The SMILES string of the molecule is Cc1cnccc1-c1ccc(C(=O)N2CC[C@@H](C(=O)N3CCC(O)(Cn4cnc5c(ccn5C)c4=O)CC3)[C@H](c3ccccc3)C2)s1. The van der Waals surface area contributed by atoms with Gasteiger partial charge in [0.05, 0.1) is 22.4 Å². The number of amides is 2. The molecule has 0 saturated carbocycles. The molecule has 7 rings (SSSR count). The van der Waals surface area contributed by atoms with Crippen LogP contribution in [0.25, 0.3) is 21.5 Å². The Labute approximate surface area is 276 Å². The number of nitrogens with zero attached hydrogens (tertiary/aromatic N) is 6. The smallest absolute Gasteiger partial charge is 0.263 e. The second-order valence-electron chi connectivity index (χ2n) is 12.9. The third-order valence-electron chi connectivity index (χ3n) is 9.87. The van der Waals surface area contributed by atoms with Crippen LogP contribution in [0.15, 0.2) is 84.3 Å². The van der Waals surface area contributed by atoms with Crippen LogP contribution in [0.2, 0.25) is 0 Å². The molecule has 0 bridgehead atoms. The van der Waals surface area contributed by atoms with E-state index in [0.29, 0.717) is 61.4 Å². The Morgan fingerprint density at radius 1 is 1.02 bits per heavy atom. The van der Waals surface area contributed by atoms with Gasteiger partial charge >= 0.3 is 0 Å². The van der Waals surface area contributed by atoms with Crippen LogP contribution in [0.4, 0.5) is 0 Å². The van der Waals surface area contributed by atoms with E-state index in [-0.39, 0.29) is 35.8 Å². The molecule has 2 atom stereocenters. The van der Waals surface area contributed by atoms with Crippen LogP contribution in [-0.2, 0) is 18.4 Å². The molecular weight excluding hydrogens is 613 g/mol. The monoisotopic (exact) mass is 650 g/mol. The third-order valence-corrected chi connectivity index (χ3v) is 11.0. The highest BCUT2D eigenvalue weighted by Gasteiger charge is 2.42. The summed E-state index contributed by atoms with van der Waals surface area (Å²) in [5.41, 5.74) is 2.49. The summed E-state index contributed by atoms with van der Waals surface area (Å²) in [6, 6.07) is 17.6. The van der Waals surface area contributed by atoms with E-state index in [9.17, 15) is 19.5 Å². The molecule has 0 unspecified atom stereocenters. The second-order valence-corrected chi connectivity index (χ2v) is 14.0. The molecule has 242 valence electrons. The Morgan fingerprint density at radius 2 is 1.81 bits per heavy atom. The van der Waals surface area contributed by atoms with Gasteiger partial charge < -0.3 is 19.5 Å². The molecule has 6 heterocycles. The van der Waals surface area contributed by atoms with Crippen LogP contribution < -0.4 is 5.56 Å². The number of aromatic nitrogens is 4. The van der Waals surface area contributed by atoms with E-state index in [4.69, 9.17) is 0 Å². The number of fused-ring (bicyclic) bond motifs is 1. The molecule has 47 heavy (non-hydrogen) atoms. The number of hydrogen-bond donors (Lipinski definition) is 1. The molecule has 11 heteroatoms. The molecule has 2 amide bonds. The summed E-state index contributed by atoms with van der Waals surface area (Å²) in [6.07, 6.45) is 8.18. The summed E-state index contributed by atoms with van der Waals surface area (Å²) in [5, 5.41) is 12.0. The Bertz CT molecular complexity index is 1990. The number of hydrogen-bond acceptors (Lipinski definition) is 7. The summed E-state index contributed by atoms with van der Waals surface area (Å²) < 4.78 is 3.28. The maximum Gasteiger partial charge on any atom is 0.263 e. The fraction of sp³-hybridized carbons (Fsp3) is 0.361. The topological polar surface area (TPSA) is 114 Å². The normalized spacial score (nSPS) is 19.6. The summed E-state index contributed by atoms with van der Waals surface area (Å²) in [6.45, 7) is 3.90. The minimum atomic E-state index is -1.12. The van der Waals surface area contributed by atoms with Crippen LogP contribution in [0.3, 0.4) is 0 Å². The Hall–Kier alpha value is -4.61. The summed E-state index contributed by atoms with van der Waals surface area (Å²) in [4.78, 5) is 55.0. The lowest BCUT2D eigenvalue weighted by Crippen LogP contribution is -2.53. The van der Waals surface area contributed by atoms with Crippen molar-refractivity contribution in [1.29, 1.82) is 0 Å². The number of carbonyl (C=O) groups excluding carboxylic acids is 2. The number of aryl methyl sites for hydroxylation is 2. The van der Waals surface area contributed by atoms with Gasteiger partial charge in [0.25, 0.3) is 11.5 Å². The Morgan fingerprint density at radius 3 is 2.57 bits per heavy atom. The van der Waals surface area contributed by atoms with Gasteiger partial charge in [-0.3, -0.25) is 23.9 Å². The van der Waals surface area contributed by atoms with E-state index >= 15 is 0 Å². The number of pyridine rings is 1. The van der Waals surface area contributed by atoms with E-state index in [1.165, 1.54) is 22.2 Å². The predicted molar refractivity (Wildman–Crippen MR) is 181 cm³/mol. The van der Waals surface area contributed by atoms with Gasteiger partial charge in [-0.2, -0.15) is 0 Å². The quantitative estimate of drug-likeness (QED) is 0.290. The molecule has 0 radical (unpaired) electrons. The van der Waals surface area contributed by atoms with E-state index in [0.717, 1.165) is 21.6 Å². The van der Waals surface area contributed by atoms with Crippen LogP contribution in [0.1, 0.15) is 46.0 Å². The van der Waals surface area contributed by atoms with Crippen molar-refractivity contribution in [3.8, 4) is 10.4 Å². The molecule has 10 nitrogen and oxygen atoms in total. The maximum atomic E-state index is 14.1. The summed E-state index contributed by atoms with van der Waals surface area (Å²) >= 11 is 1.49. The zero-order valence-corrected chi connectivity index (χ0v) is 27.4. The van der Waals surface area contributed by atoms with E-state index in [1.807, 2.05) is 78.5 Å². The fourth-order valence-electron chi connectivity index (χ4n) is 7.12. The van der Waals surface area contributed by atoms with Crippen LogP contribution in [-0.4, -0.2) is 77.6 Å². The molecule has 0 aliphatic carbocycles. The maximum absolute atomic E-state index is 14.1. The van der Waals surface area contributed by atoms with Crippen molar-refractivity contribution >= 4 is 34.2 Å². The molecule has 2 aliphatic rings. The lowest BCUT2D eigenvalue weighted by Gasteiger charge is -2.43. The minimum Gasteiger partial charge on any atom is -0.388 e. The van der Waals surface area contributed by atoms with Gasteiger partial charge in [0, 0.05) is 68.5 Å².